The molecule has 0 spiro atoms. The molecule has 32 heavy (non-hydrogen) atoms. The molecule has 0 fully saturated rings. The number of hydrogen-bond donors (Lipinski definition) is 0. The van der Waals surface area contributed by atoms with E-state index in [1.165, 1.54) is 18.9 Å². The average molecular weight is 454 g/mol. The maximum atomic E-state index is 13.1. The van der Waals surface area contributed by atoms with Gasteiger partial charge in [-0.2, -0.15) is 13.2 Å². The van der Waals surface area contributed by atoms with Crippen LogP contribution in [0.2, 0.25) is 0 Å². The molecule has 9 heteroatoms. The second kappa shape index (κ2) is 12.9. The fourth-order valence-corrected chi connectivity index (χ4v) is 2.77. The number of carbonyl (C=O) groups excluding carboxylic acids is 1. The van der Waals surface area contributed by atoms with Gasteiger partial charge in [0.15, 0.2) is 0 Å². The largest absolute Gasteiger partial charge is 0.494 e. The molecule has 0 aliphatic carbocycles. The fraction of sp³-hybridized carbons (Fsp3) is 0.522. The summed E-state index contributed by atoms with van der Waals surface area (Å²) >= 11 is 0. The normalized spacial score (nSPS) is 12.3. The lowest BCUT2D eigenvalue weighted by molar-refractivity contribution is -0.227. The SMILES string of the molecule is CCCCCCOc1ccc(-c2ccc(OCC(OC(=O)CCC)C(F)(F)F)nn2)cc1. The minimum absolute atomic E-state index is 0.0935. The van der Waals surface area contributed by atoms with Crippen molar-refractivity contribution in [2.75, 3.05) is 13.2 Å². The molecule has 0 bridgehead atoms. The molecule has 0 amide bonds. The van der Waals surface area contributed by atoms with Gasteiger partial charge in [0.2, 0.25) is 12.0 Å². The van der Waals surface area contributed by atoms with Crippen molar-refractivity contribution in [3.05, 3.63) is 36.4 Å². The topological polar surface area (TPSA) is 70.5 Å². The number of aromatic nitrogens is 2. The van der Waals surface area contributed by atoms with Gasteiger partial charge in [0.05, 0.1) is 12.3 Å². The van der Waals surface area contributed by atoms with Crippen LogP contribution >= 0.6 is 0 Å². The number of esters is 1. The van der Waals surface area contributed by atoms with Gasteiger partial charge in [-0.05, 0) is 43.2 Å². The fourth-order valence-electron chi connectivity index (χ4n) is 2.77. The van der Waals surface area contributed by atoms with E-state index in [2.05, 4.69) is 21.9 Å². The Balaban J connectivity index is 1.89. The molecular weight excluding hydrogens is 425 g/mol. The average Bonchev–Trinajstić information content (AvgIpc) is 2.77. The summed E-state index contributed by atoms with van der Waals surface area (Å²) < 4.78 is 54.5. The van der Waals surface area contributed by atoms with Gasteiger partial charge in [0.25, 0.3) is 0 Å². The summed E-state index contributed by atoms with van der Waals surface area (Å²) in [6.45, 7) is 3.60. The van der Waals surface area contributed by atoms with Gasteiger partial charge in [-0.1, -0.05) is 33.1 Å². The van der Waals surface area contributed by atoms with E-state index in [0.717, 1.165) is 24.2 Å². The van der Waals surface area contributed by atoms with Crippen LogP contribution in [0.4, 0.5) is 13.2 Å². The van der Waals surface area contributed by atoms with Crippen molar-refractivity contribution in [2.45, 2.75) is 64.7 Å². The van der Waals surface area contributed by atoms with Crippen LogP contribution in [-0.4, -0.2) is 41.7 Å². The van der Waals surface area contributed by atoms with Crippen molar-refractivity contribution in [3.8, 4) is 22.9 Å². The summed E-state index contributed by atoms with van der Waals surface area (Å²) in [5.74, 6) is -0.260. The highest BCUT2D eigenvalue weighted by molar-refractivity contribution is 5.69. The van der Waals surface area contributed by atoms with E-state index in [9.17, 15) is 18.0 Å². The highest BCUT2D eigenvalue weighted by atomic mass is 19.4. The van der Waals surface area contributed by atoms with Crippen molar-refractivity contribution in [2.24, 2.45) is 0 Å². The Kier molecular flexibility index (Phi) is 10.2. The third-order valence-corrected chi connectivity index (χ3v) is 4.53. The molecule has 1 unspecified atom stereocenters. The molecule has 1 atom stereocenters. The molecule has 0 radical (unpaired) electrons. The molecule has 0 N–H and O–H groups in total. The van der Waals surface area contributed by atoms with Gasteiger partial charge in [-0.25, -0.2) is 0 Å². The number of unbranched alkanes of at least 4 members (excludes halogenated alkanes) is 3. The van der Waals surface area contributed by atoms with E-state index >= 15 is 0 Å². The number of carbonyl (C=O) groups is 1. The van der Waals surface area contributed by atoms with Gasteiger partial charge < -0.3 is 14.2 Å². The maximum absolute atomic E-state index is 13.1. The standard InChI is InChI=1S/C23H29F3N2O4/c1-3-5-6-7-15-30-18-11-9-17(10-12-18)19-13-14-21(28-27-19)31-16-20(23(24,25)26)32-22(29)8-4-2/h9-14,20H,3-8,15-16H2,1-2H3. The third-order valence-electron chi connectivity index (χ3n) is 4.53. The van der Waals surface area contributed by atoms with E-state index in [1.54, 1.807) is 13.0 Å². The first-order chi connectivity index (χ1) is 15.3. The Labute approximate surface area is 186 Å². The summed E-state index contributed by atoms with van der Waals surface area (Å²) in [6.07, 6.45) is -2.28. The van der Waals surface area contributed by atoms with E-state index < -0.39 is 24.9 Å². The lowest BCUT2D eigenvalue weighted by Crippen LogP contribution is -2.38. The van der Waals surface area contributed by atoms with Gasteiger partial charge in [-0.15, -0.1) is 10.2 Å². The second-order valence-corrected chi connectivity index (χ2v) is 7.27. The lowest BCUT2D eigenvalue weighted by Gasteiger charge is -2.20. The number of alkyl halides is 3. The van der Waals surface area contributed by atoms with E-state index in [4.69, 9.17) is 9.47 Å². The minimum Gasteiger partial charge on any atom is -0.494 e. The van der Waals surface area contributed by atoms with E-state index in [1.807, 2.05) is 24.3 Å². The van der Waals surface area contributed by atoms with Crippen LogP contribution in [0.3, 0.4) is 0 Å². The Bertz CT molecular complexity index is 811. The van der Waals surface area contributed by atoms with Gasteiger partial charge in [0.1, 0.15) is 12.4 Å². The van der Waals surface area contributed by atoms with Crippen LogP contribution in [0, 0.1) is 0 Å². The lowest BCUT2D eigenvalue weighted by atomic mass is 10.1. The monoisotopic (exact) mass is 454 g/mol. The van der Waals surface area contributed by atoms with Crippen molar-refractivity contribution >= 4 is 5.97 Å². The second-order valence-electron chi connectivity index (χ2n) is 7.27. The Morgan fingerprint density at radius 3 is 2.28 bits per heavy atom. The number of hydrogen-bond acceptors (Lipinski definition) is 6. The number of nitrogens with zero attached hydrogens (tertiary/aromatic N) is 2. The Morgan fingerprint density at radius 1 is 0.938 bits per heavy atom. The molecule has 1 aromatic heterocycles. The van der Waals surface area contributed by atoms with E-state index in [0.29, 0.717) is 18.7 Å². The van der Waals surface area contributed by atoms with Gasteiger partial charge >= 0.3 is 12.1 Å². The first-order valence-corrected chi connectivity index (χ1v) is 10.8. The quantitative estimate of drug-likeness (QED) is 0.283. The van der Waals surface area contributed by atoms with Crippen molar-refractivity contribution in [1.29, 1.82) is 0 Å². The van der Waals surface area contributed by atoms with Gasteiger partial charge in [0, 0.05) is 18.1 Å². The number of rotatable bonds is 13. The Morgan fingerprint density at radius 2 is 1.69 bits per heavy atom. The van der Waals surface area contributed by atoms with Crippen LogP contribution in [0.15, 0.2) is 36.4 Å². The molecule has 1 heterocycles. The summed E-state index contributed by atoms with van der Waals surface area (Å²) in [6, 6.07) is 10.3. The molecule has 0 saturated heterocycles. The zero-order chi connectivity index (χ0) is 23.4. The minimum atomic E-state index is -4.74. The molecule has 6 nitrogen and oxygen atoms in total. The van der Waals surface area contributed by atoms with Crippen LogP contribution < -0.4 is 9.47 Å². The van der Waals surface area contributed by atoms with Crippen molar-refractivity contribution in [1.82, 2.24) is 10.2 Å². The smallest absolute Gasteiger partial charge is 0.428 e. The summed E-state index contributed by atoms with van der Waals surface area (Å²) in [5, 5.41) is 7.81. The molecule has 0 aliphatic rings. The summed E-state index contributed by atoms with van der Waals surface area (Å²) in [7, 11) is 0. The Hall–Kier alpha value is -2.84. The molecule has 2 rings (SSSR count). The molecule has 0 aliphatic heterocycles. The molecular formula is C23H29F3N2O4. The highest BCUT2D eigenvalue weighted by Gasteiger charge is 2.43. The highest BCUT2D eigenvalue weighted by Crippen LogP contribution is 2.25. The zero-order valence-corrected chi connectivity index (χ0v) is 18.4. The predicted octanol–water partition coefficient (Wildman–Crippen LogP) is 5.76. The van der Waals surface area contributed by atoms with Gasteiger partial charge in [-0.3, -0.25) is 4.79 Å². The van der Waals surface area contributed by atoms with Crippen LogP contribution in [0.1, 0.15) is 52.4 Å². The predicted molar refractivity (Wildman–Crippen MR) is 113 cm³/mol. The summed E-state index contributed by atoms with van der Waals surface area (Å²) in [5.41, 5.74) is 1.32. The summed E-state index contributed by atoms with van der Waals surface area (Å²) in [4.78, 5) is 11.4. The first kappa shape index (κ1) is 25.4. The van der Waals surface area contributed by atoms with Crippen molar-refractivity contribution in [3.63, 3.8) is 0 Å². The molecule has 0 saturated carbocycles. The zero-order valence-electron chi connectivity index (χ0n) is 18.4. The van der Waals surface area contributed by atoms with Crippen LogP contribution in [-0.2, 0) is 9.53 Å². The first-order valence-electron chi connectivity index (χ1n) is 10.8. The number of ether oxygens (including phenoxy) is 3. The molecule has 1 aromatic carbocycles. The van der Waals surface area contributed by atoms with Crippen LogP contribution in [0.25, 0.3) is 11.3 Å². The van der Waals surface area contributed by atoms with Crippen molar-refractivity contribution < 1.29 is 32.2 Å². The molecule has 2 aromatic rings. The van der Waals surface area contributed by atoms with E-state index in [-0.39, 0.29) is 12.3 Å². The third kappa shape index (κ3) is 8.72. The number of halogens is 3. The molecule has 176 valence electrons. The maximum Gasteiger partial charge on any atom is 0.428 e. The number of benzene rings is 1. The van der Waals surface area contributed by atoms with Crippen LogP contribution in [0.5, 0.6) is 11.6 Å².